The molecule has 1 aliphatic heterocycles. The number of hydrogen-bond acceptors (Lipinski definition) is 14. The highest BCUT2D eigenvalue weighted by molar-refractivity contribution is 5.96. The molecule has 3 rings (SSSR count). The van der Waals surface area contributed by atoms with Gasteiger partial charge in [0.1, 0.15) is 57.9 Å². The van der Waals surface area contributed by atoms with E-state index in [1.54, 1.807) is 134 Å². The lowest BCUT2D eigenvalue weighted by Crippen LogP contribution is -2.58. The molecule has 74 heavy (non-hydrogen) atoms. The molecule has 4 atom stereocenters. The van der Waals surface area contributed by atoms with Gasteiger partial charge in [-0.15, -0.1) is 0 Å². The summed E-state index contributed by atoms with van der Waals surface area (Å²) in [6.45, 7) is 25.5. The van der Waals surface area contributed by atoms with Crippen molar-refractivity contribution in [3.05, 3.63) is 47.5 Å². The van der Waals surface area contributed by atoms with Crippen molar-refractivity contribution >= 4 is 53.8 Å². The standard InChI is InChI=1S/C53H81N7O14/c1-49(2,3)70-44(65)37(19-16-17-25-54-45(66)71-50(4,5)6)57-42(63)38-29-33-27-31(21-23-35(33)59-47(68)73-52(10,11)12)32-22-24-40(61)34(28-32)30-39(60-48(69)74-53(13,14)15)43(64)56-36(41(62)58-38)20-18-26-55-46(67)72-51(7,8)9/h21-24,27-28,36-39,61H,16-20,25-26,29-30H2,1-15H3,(H,54,66)(H,55,67)(H,56,64)(H,57,63)(H,58,62)(H,59,68)(H,60,69)/t36-,37-,38-,39-/m0/s1. The number of alkyl carbamates (subject to hydrolysis) is 3. The molecule has 0 fully saturated rings. The molecular formula is C53H81N7O14. The number of phenolic OH excluding ortho intramolecular Hbond substituents is 1. The van der Waals surface area contributed by atoms with Gasteiger partial charge in [0.2, 0.25) is 17.7 Å². The van der Waals surface area contributed by atoms with Crippen LogP contribution >= 0.6 is 0 Å². The normalized spacial score (nSPS) is 17.0. The number of ether oxygens (including phenoxy) is 5. The van der Waals surface area contributed by atoms with E-state index in [2.05, 4.69) is 37.2 Å². The average Bonchev–Trinajstić information content (AvgIpc) is 3.21. The van der Waals surface area contributed by atoms with Crippen LogP contribution in [0.3, 0.4) is 0 Å². The zero-order valence-electron chi connectivity index (χ0n) is 45.9. The molecule has 21 heteroatoms. The summed E-state index contributed by atoms with van der Waals surface area (Å²) in [5, 5.41) is 30.1. The monoisotopic (exact) mass is 1040 g/mol. The largest absolute Gasteiger partial charge is 0.508 e. The lowest BCUT2D eigenvalue weighted by molar-refractivity contribution is -0.159. The van der Waals surface area contributed by atoms with Gasteiger partial charge >= 0.3 is 30.3 Å². The SMILES string of the molecule is CC(C)(C)OC(=O)NCCCC[C@H](NC(=O)[C@@H]1Cc2cc(ccc2NC(=O)OC(C)(C)C)-c2ccc(O)c(c2)C[C@H](NC(=O)OC(C)(C)C)C(=O)N[C@@H](CCCNC(=O)OC(C)(C)C)C(=O)N1)C(=O)OC(C)(C)C. The number of nitrogens with one attached hydrogen (secondary N) is 7. The van der Waals surface area contributed by atoms with Crippen molar-refractivity contribution in [1.82, 2.24) is 31.9 Å². The molecule has 0 saturated heterocycles. The number of aromatic hydroxyl groups is 1. The molecule has 8 N–H and O–H groups in total. The quantitative estimate of drug-likeness (QED) is 0.0528. The number of carbonyl (C=O) groups is 8. The van der Waals surface area contributed by atoms with Crippen LogP contribution in [-0.2, 0) is 55.7 Å². The van der Waals surface area contributed by atoms with Gasteiger partial charge in [-0.25, -0.2) is 24.0 Å². The molecule has 2 aromatic carbocycles. The number of fused-ring (bicyclic) bond motifs is 5. The van der Waals surface area contributed by atoms with E-state index in [1.807, 2.05) is 0 Å². The van der Waals surface area contributed by atoms with Crippen molar-refractivity contribution in [1.29, 1.82) is 0 Å². The van der Waals surface area contributed by atoms with Gasteiger partial charge in [-0.1, -0.05) is 12.1 Å². The Balaban J connectivity index is 2.22. The molecule has 0 saturated carbocycles. The second-order valence-corrected chi connectivity index (χ2v) is 23.2. The minimum absolute atomic E-state index is 0.00389. The summed E-state index contributed by atoms with van der Waals surface area (Å²) in [6, 6.07) is 3.96. The van der Waals surface area contributed by atoms with E-state index in [-0.39, 0.29) is 62.2 Å². The highest BCUT2D eigenvalue weighted by Crippen LogP contribution is 2.31. The van der Waals surface area contributed by atoms with Crippen molar-refractivity contribution < 1.29 is 67.1 Å². The van der Waals surface area contributed by atoms with Crippen molar-refractivity contribution in [2.45, 2.75) is 201 Å². The summed E-state index contributed by atoms with van der Waals surface area (Å²) in [4.78, 5) is 109. The molecule has 0 unspecified atom stereocenters. The second kappa shape index (κ2) is 25.9. The number of phenols is 1. The number of carbonyl (C=O) groups excluding carboxylic acids is 8. The lowest BCUT2D eigenvalue weighted by atomic mass is 9.94. The smallest absolute Gasteiger partial charge is 0.412 e. The zero-order chi connectivity index (χ0) is 56.0. The predicted molar refractivity (Wildman–Crippen MR) is 277 cm³/mol. The molecule has 1 heterocycles. The van der Waals surface area contributed by atoms with Gasteiger partial charge < -0.3 is 60.7 Å². The van der Waals surface area contributed by atoms with Gasteiger partial charge in [-0.2, -0.15) is 0 Å². The summed E-state index contributed by atoms with van der Waals surface area (Å²) in [7, 11) is 0. The van der Waals surface area contributed by atoms with Crippen LogP contribution in [-0.4, -0.2) is 118 Å². The lowest BCUT2D eigenvalue weighted by Gasteiger charge is -2.28. The van der Waals surface area contributed by atoms with E-state index in [1.165, 1.54) is 6.07 Å². The van der Waals surface area contributed by atoms with Crippen molar-refractivity contribution in [2.75, 3.05) is 18.4 Å². The van der Waals surface area contributed by atoms with E-state index >= 15 is 0 Å². The second-order valence-electron chi connectivity index (χ2n) is 23.2. The van der Waals surface area contributed by atoms with E-state index in [0.717, 1.165) is 0 Å². The van der Waals surface area contributed by atoms with Crippen LogP contribution in [0.4, 0.5) is 24.9 Å². The van der Waals surface area contributed by atoms with Crippen LogP contribution in [0.5, 0.6) is 5.75 Å². The first-order valence-electron chi connectivity index (χ1n) is 25.0. The van der Waals surface area contributed by atoms with Crippen molar-refractivity contribution in [3.63, 3.8) is 0 Å². The third-order valence-electron chi connectivity index (χ3n) is 10.2. The van der Waals surface area contributed by atoms with Gasteiger partial charge in [0.25, 0.3) is 0 Å². The molecule has 4 bridgehead atoms. The first-order chi connectivity index (χ1) is 34.0. The number of amides is 7. The van der Waals surface area contributed by atoms with Crippen molar-refractivity contribution in [2.24, 2.45) is 0 Å². The Kier molecular flexibility index (Phi) is 21.5. The van der Waals surface area contributed by atoms with Crippen LogP contribution < -0.4 is 37.2 Å². The molecule has 21 nitrogen and oxygen atoms in total. The molecule has 1 aliphatic rings. The Morgan fingerprint density at radius 2 is 1.09 bits per heavy atom. The molecule has 412 valence electrons. The molecule has 0 spiro atoms. The number of benzene rings is 2. The summed E-state index contributed by atoms with van der Waals surface area (Å²) < 4.78 is 27.5. The number of esters is 1. The van der Waals surface area contributed by atoms with Gasteiger partial charge in [0.15, 0.2) is 0 Å². The van der Waals surface area contributed by atoms with Crippen LogP contribution in [0, 0.1) is 0 Å². The number of hydrogen-bond donors (Lipinski definition) is 8. The van der Waals surface area contributed by atoms with Gasteiger partial charge in [-0.3, -0.25) is 19.7 Å². The average molecular weight is 1040 g/mol. The van der Waals surface area contributed by atoms with Gasteiger partial charge in [0.05, 0.1) is 0 Å². The maximum Gasteiger partial charge on any atom is 0.412 e. The van der Waals surface area contributed by atoms with E-state index < -0.39 is 100 Å². The Labute approximate surface area is 435 Å². The summed E-state index contributed by atoms with van der Waals surface area (Å²) in [6.07, 6.45) is -2.97. The highest BCUT2D eigenvalue weighted by atomic mass is 16.6. The topological polar surface area (TPSA) is 287 Å². The number of unbranched alkanes of at least 4 members (excludes halogenated alkanes) is 1. The van der Waals surface area contributed by atoms with Crippen molar-refractivity contribution in [3.8, 4) is 16.9 Å². The highest BCUT2D eigenvalue weighted by Gasteiger charge is 2.35. The number of anilines is 1. The summed E-state index contributed by atoms with van der Waals surface area (Å²) >= 11 is 0. The third-order valence-corrected chi connectivity index (χ3v) is 10.2. The van der Waals surface area contributed by atoms with Crippen LogP contribution in [0.1, 0.15) is 147 Å². The summed E-state index contributed by atoms with van der Waals surface area (Å²) in [5.74, 6) is -3.54. The van der Waals surface area contributed by atoms with E-state index in [0.29, 0.717) is 29.5 Å². The van der Waals surface area contributed by atoms with E-state index in [9.17, 15) is 43.5 Å². The Bertz CT molecular complexity index is 2320. The zero-order valence-corrected chi connectivity index (χ0v) is 45.9. The van der Waals surface area contributed by atoms with Crippen LogP contribution in [0.15, 0.2) is 36.4 Å². The predicted octanol–water partition coefficient (Wildman–Crippen LogP) is 7.19. The molecule has 0 aliphatic carbocycles. The van der Waals surface area contributed by atoms with E-state index in [4.69, 9.17) is 23.7 Å². The number of rotatable bonds is 14. The first kappa shape index (κ1) is 61.5. The van der Waals surface area contributed by atoms with Crippen LogP contribution in [0.2, 0.25) is 0 Å². The van der Waals surface area contributed by atoms with Crippen LogP contribution in [0.25, 0.3) is 11.1 Å². The van der Waals surface area contributed by atoms with Gasteiger partial charge in [-0.05, 0) is 182 Å². The summed E-state index contributed by atoms with van der Waals surface area (Å²) in [5.41, 5.74) is -2.52. The molecule has 7 amide bonds. The Morgan fingerprint density at radius 1 is 0.595 bits per heavy atom. The Hall–Kier alpha value is -6.80. The molecular weight excluding hydrogens is 959 g/mol. The molecule has 0 radical (unpaired) electrons. The molecule has 2 aromatic rings. The fraction of sp³-hybridized carbons (Fsp3) is 0.623. The van der Waals surface area contributed by atoms with Gasteiger partial charge in [0, 0.05) is 31.6 Å². The fourth-order valence-electron chi connectivity index (χ4n) is 7.21. The molecule has 0 aromatic heterocycles. The maximum absolute atomic E-state index is 14.9. The first-order valence-corrected chi connectivity index (χ1v) is 25.0. The minimum Gasteiger partial charge on any atom is -0.508 e. The minimum atomic E-state index is -1.52. The maximum atomic E-state index is 14.9. The fourth-order valence-corrected chi connectivity index (χ4v) is 7.21. The third kappa shape index (κ3) is 23.4. The Morgan fingerprint density at radius 3 is 1.65 bits per heavy atom.